The fourth-order valence-electron chi connectivity index (χ4n) is 4.27. The maximum atomic E-state index is 12.7. The summed E-state index contributed by atoms with van der Waals surface area (Å²) in [6.07, 6.45) is 3.74. The number of carbonyl (C=O) groups is 2. The van der Waals surface area contributed by atoms with E-state index in [1.807, 2.05) is 42.5 Å². The van der Waals surface area contributed by atoms with Crippen LogP contribution in [0.5, 0.6) is 0 Å². The Morgan fingerprint density at radius 1 is 0.833 bits per heavy atom. The van der Waals surface area contributed by atoms with Crippen molar-refractivity contribution in [2.75, 3.05) is 4.90 Å². The van der Waals surface area contributed by atoms with Crippen LogP contribution in [0.2, 0.25) is 0 Å². The summed E-state index contributed by atoms with van der Waals surface area (Å²) in [7, 11) is 0. The van der Waals surface area contributed by atoms with Gasteiger partial charge in [0.2, 0.25) is 11.8 Å². The first-order valence-electron chi connectivity index (χ1n) is 8.53. The average molecular weight is 319 g/mol. The molecule has 3 aromatic rings. The highest BCUT2D eigenvalue weighted by Crippen LogP contribution is 2.41. The van der Waals surface area contributed by atoms with Crippen molar-refractivity contribution in [3.63, 3.8) is 0 Å². The van der Waals surface area contributed by atoms with E-state index in [1.165, 1.54) is 4.90 Å². The van der Waals surface area contributed by atoms with Crippen molar-refractivity contribution in [2.45, 2.75) is 25.7 Å². The van der Waals surface area contributed by atoms with Gasteiger partial charge in [0.25, 0.3) is 0 Å². The molecule has 4 nitrogen and oxygen atoms in total. The number of carbonyl (C=O) groups excluding carboxylic acids is 2. The summed E-state index contributed by atoms with van der Waals surface area (Å²) in [5.41, 5.74) is 2.16. The van der Waals surface area contributed by atoms with E-state index >= 15 is 0 Å². The lowest BCUT2D eigenvalue weighted by atomic mass is 9.81. The minimum atomic E-state index is -0.127. The second-order valence-corrected chi connectivity index (χ2v) is 6.79. The molecule has 2 amide bonds. The standard InChI is InChI=1S/C20H17NO3/c22-19-15-6-1-2-7-16(15)20(23)21(19)12-9-10-14-13-5-3-4-8-17(13)24-18(14)11-12/h3-5,8-11,15-16H,1-2,6-7H2. The third kappa shape index (κ3) is 1.80. The Bertz CT molecular complexity index is 963. The minimum absolute atomic E-state index is 0.0415. The van der Waals surface area contributed by atoms with Crippen molar-refractivity contribution >= 4 is 39.4 Å². The zero-order valence-corrected chi connectivity index (χ0v) is 13.2. The number of rotatable bonds is 1. The zero-order chi connectivity index (χ0) is 16.3. The normalized spacial score (nSPS) is 24.1. The molecule has 1 aliphatic carbocycles. The molecule has 1 saturated heterocycles. The molecule has 2 aliphatic rings. The van der Waals surface area contributed by atoms with E-state index < -0.39 is 0 Å². The van der Waals surface area contributed by atoms with Gasteiger partial charge in [-0.3, -0.25) is 9.59 Å². The molecule has 0 bridgehead atoms. The predicted octanol–water partition coefficient (Wildman–Crippen LogP) is 4.27. The number of nitrogens with zero attached hydrogens (tertiary/aromatic N) is 1. The topological polar surface area (TPSA) is 50.5 Å². The average Bonchev–Trinajstić information content (AvgIpc) is 3.10. The molecule has 2 aromatic carbocycles. The largest absolute Gasteiger partial charge is 0.456 e. The highest BCUT2D eigenvalue weighted by molar-refractivity contribution is 6.22. The smallest absolute Gasteiger partial charge is 0.237 e. The van der Waals surface area contributed by atoms with Crippen LogP contribution in [0.3, 0.4) is 0 Å². The van der Waals surface area contributed by atoms with Gasteiger partial charge in [-0.2, -0.15) is 0 Å². The molecule has 5 rings (SSSR count). The molecule has 1 aromatic heterocycles. The van der Waals surface area contributed by atoms with Crippen LogP contribution in [-0.2, 0) is 9.59 Å². The van der Waals surface area contributed by atoms with Crippen LogP contribution in [-0.4, -0.2) is 11.8 Å². The number of anilines is 1. The first-order valence-corrected chi connectivity index (χ1v) is 8.53. The van der Waals surface area contributed by atoms with Crippen LogP contribution in [0.1, 0.15) is 25.7 Å². The van der Waals surface area contributed by atoms with Gasteiger partial charge in [-0.15, -0.1) is 0 Å². The van der Waals surface area contributed by atoms with Gasteiger partial charge in [0.05, 0.1) is 17.5 Å². The van der Waals surface area contributed by atoms with Gasteiger partial charge in [-0.05, 0) is 31.0 Å². The molecule has 24 heavy (non-hydrogen) atoms. The van der Waals surface area contributed by atoms with Crippen LogP contribution in [0.15, 0.2) is 46.9 Å². The molecule has 4 heteroatoms. The van der Waals surface area contributed by atoms with Crippen molar-refractivity contribution < 1.29 is 14.0 Å². The molecule has 2 fully saturated rings. The first-order chi connectivity index (χ1) is 11.7. The number of benzene rings is 2. The number of hydrogen-bond donors (Lipinski definition) is 0. The van der Waals surface area contributed by atoms with Gasteiger partial charge in [0, 0.05) is 16.8 Å². The maximum Gasteiger partial charge on any atom is 0.237 e. The summed E-state index contributed by atoms with van der Waals surface area (Å²) in [4.78, 5) is 26.8. The van der Waals surface area contributed by atoms with Crippen LogP contribution in [0.4, 0.5) is 5.69 Å². The Morgan fingerprint density at radius 2 is 1.50 bits per heavy atom. The van der Waals surface area contributed by atoms with Crippen molar-refractivity contribution in [2.24, 2.45) is 11.8 Å². The fourth-order valence-corrected chi connectivity index (χ4v) is 4.27. The maximum absolute atomic E-state index is 12.7. The minimum Gasteiger partial charge on any atom is -0.456 e. The van der Waals surface area contributed by atoms with Crippen LogP contribution in [0.25, 0.3) is 21.9 Å². The zero-order valence-electron chi connectivity index (χ0n) is 13.2. The summed E-state index contributed by atoms with van der Waals surface area (Å²) in [6.45, 7) is 0. The van der Waals surface area contributed by atoms with Crippen LogP contribution >= 0.6 is 0 Å². The van der Waals surface area contributed by atoms with Crippen molar-refractivity contribution in [3.05, 3.63) is 42.5 Å². The van der Waals surface area contributed by atoms with Crippen LogP contribution in [0, 0.1) is 11.8 Å². The van der Waals surface area contributed by atoms with E-state index in [-0.39, 0.29) is 23.7 Å². The Kier molecular flexibility index (Phi) is 2.84. The number of fused-ring (bicyclic) bond motifs is 4. The molecule has 0 radical (unpaired) electrons. The Labute approximate surface area is 139 Å². The third-order valence-corrected chi connectivity index (χ3v) is 5.46. The monoisotopic (exact) mass is 319 g/mol. The highest BCUT2D eigenvalue weighted by Gasteiger charge is 2.48. The van der Waals surface area contributed by atoms with E-state index in [9.17, 15) is 9.59 Å². The fraction of sp³-hybridized carbons (Fsp3) is 0.300. The summed E-state index contributed by atoms with van der Waals surface area (Å²) in [5, 5.41) is 2.05. The predicted molar refractivity (Wildman–Crippen MR) is 91.7 cm³/mol. The van der Waals surface area contributed by atoms with Gasteiger partial charge < -0.3 is 4.42 Å². The molecule has 0 N–H and O–H groups in total. The van der Waals surface area contributed by atoms with Gasteiger partial charge in [-0.25, -0.2) is 4.90 Å². The Balaban J connectivity index is 1.62. The first kappa shape index (κ1) is 13.8. The Hall–Kier alpha value is -2.62. The van der Waals surface area contributed by atoms with Gasteiger partial charge in [-0.1, -0.05) is 31.0 Å². The van der Waals surface area contributed by atoms with E-state index in [2.05, 4.69) is 0 Å². The third-order valence-electron chi connectivity index (χ3n) is 5.46. The molecule has 2 heterocycles. The van der Waals surface area contributed by atoms with Crippen molar-refractivity contribution in [3.8, 4) is 0 Å². The van der Waals surface area contributed by atoms with E-state index in [0.29, 0.717) is 11.3 Å². The van der Waals surface area contributed by atoms with Gasteiger partial charge in [0.1, 0.15) is 11.2 Å². The molecule has 2 atom stereocenters. The number of para-hydroxylation sites is 1. The lowest BCUT2D eigenvalue weighted by Crippen LogP contribution is -2.30. The highest BCUT2D eigenvalue weighted by atomic mass is 16.3. The van der Waals surface area contributed by atoms with Crippen LogP contribution < -0.4 is 4.90 Å². The molecular formula is C20H17NO3. The molecule has 0 spiro atoms. The number of imide groups is 1. The summed E-state index contributed by atoms with van der Waals surface area (Å²) in [5.74, 6) is -0.337. The Morgan fingerprint density at radius 3 is 2.25 bits per heavy atom. The molecule has 120 valence electrons. The number of furan rings is 1. The number of amides is 2. The lowest BCUT2D eigenvalue weighted by Gasteiger charge is -2.19. The van der Waals surface area contributed by atoms with E-state index in [4.69, 9.17) is 4.42 Å². The quantitative estimate of drug-likeness (QED) is 0.630. The number of hydrogen-bond acceptors (Lipinski definition) is 3. The second kappa shape index (κ2) is 4.94. The van der Waals surface area contributed by atoms with E-state index in [0.717, 1.165) is 42.0 Å². The molecule has 1 aliphatic heterocycles. The lowest BCUT2D eigenvalue weighted by molar-refractivity contribution is -0.122. The summed E-state index contributed by atoms with van der Waals surface area (Å²) < 4.78 is 5.89. The van der Waals surface area contributed by atoms with E-state index in [1.54, 1.807) is 0 Å². The summed E-state index contributed by atoms with van der Waals surface area (Å²) >= 11 is 0. The van der Waals surface area contributed by atoms with Crippen molar-refractivity contribution in [1.29, 1.82) is 0 Å². The van der Waals surface area contributed by atoms with Gasteiger partial charge in [0.15, 0.2) is 0 Å². The molecule has 2 unspecified atom stereocenters. The molecular weight excluding hydrogens is 302 g/mol. The SMILES string of the molecule is O=C1C2CCCCC2C(=O)N1c1ccc2c(c1)oc1ccccc12. The second-order valence-electron chi connectivity index (χ2n) is 6.79. The summed E-state index contributed by atoms with van der Waals surface area (Å²) in [6, 6.07) is 13.5. The van der Waals surface area contributed by atoms with Crippen molar-refractivity contribution in [1.82, 2.24) is 0 Å². The van der Waals surface area contributed by atoms with Gasteiger partial charge >= 0.3 is 0 Å². The molecule has 1 saturated carbocycles.